The standard InChI is InChI=1S/C16H26N2O2/c1-12(2)8-10-18-16(19)13(3)20-15-6-4-5-14(11-15)7-9-17/h4-6,11-13H,7-10,17H2,1-3H3,(H,18,19). The van der Waals surface area contributed by atoms with Crippen LogP contribution in [-0.4, -0.2) is 25.1 Å². The maximum Gasteiger partial charge on any atom is 0.260 e. The van der Waals surface area contributed by atoms with Crippen molar-refractivity contribution in [3.05, 3.63) is 29.8 Å². The van der Waals surface area contributed by atoms with Crippen molar-refractivity contribution in [2.75, 3.05) is 13.1 Å². The van der Waals surface area contributed by atoms with Crippen LogP contribution in [0.25, 0.3) is 0 Å². The Balaban J connectivity index is 2.46. The maximum absolute atomic E-state index is 11.9. The molecule has 1 aromatic carbocycles. The number of amides is 1. The quantitative estimate of drug-likeness (QED) is 0.765. The molecule has 0 aromatic heterocycles. The highest BCUT2D eigenvalue weighted by atomic mass is 16.5. The molecule has 4 heteroatoms. The summed E-state index contributed by atoms with van der Waals surface area (Å²) in [6, 6.07) is 7.72. The van der Waals surface area contributed by atoms with Gasteiger partial charge in [-0.05, 0) is 49.9 Å². The molecule has 0 saturated carbocycles. The minimum Gasteiger partial charge on any atom is -0.481 e. The highest BCUT2D eigenvalue weighted by Crippen LogP contribution is 2.15. The smallest absolute Gasteiger partial charge is 0.260 e. The van der Waals surface area contributed by atoms with Crippen LogP contribution in [0.1, 0.15) is 32.8 Å². The number of nitrogens with two attached hydrogens (primary N) is 1. The first kappa shape index (κ1) is 16.5. The second-order valence-corrected chi connectivity index (χ2v) is 5.42. The van der Waals surface area contributed by atoms with E-state index in [9.17, 15) is 4.79 Å². The lowest BCUT2D eigenvalue weighted by Gasteiger charge is -2.15. The zero-order valence-electron chi connectivity index (χ0n) is 12.7. The maximum atomic E-state index is 11.9. The van der Waals surface area contributed by atoms with Gasteiger partial charge in [-0.15, -0.1) is 0 Å². The van der Waals surface area contributed by atoms with E-state index in [2.05, 4.69) is 19.2 Å². The van der Waals surface area contributed by atoms with Crippen molar-refractivity contribution in [2.24, 2.45) is 11.7 Å². The molecule has 0 spiro atoms. The van der Waals surface area contributed by atoms with E-state index in [0.29, 0.717) is 24.8 Å². The molecule has 1 aromatic rings. The molecule has 1 atom stereocenters. The first-order valence-corrected chi connectivity index (χ1v) is 7.26. The molecule has 20 heavy (non-hydrogen) atoms. The van der Waals surface area contributed by atoms with Gasteiger partial charge in [-0.1, -0.05) is 26.0 Å². The molecule has 0 heterocycles. The Hall–Kier alpha value is -1.55. The molecule has 112 valence electrons. The highest BCUT2D eigenvalue weighted by molar-refractivity contribution is 5.80. The van der Waals surface area contributed by atoms with Gasteiger partial charge >= 0.3 is 0 Å². The number of carbonyl (C=O) groups excluding carboxylic acids is 1. The molecule has 0 saturated heterocycles. The second-order valence-electron chi connectivity index (χ2n) is 5.42. The van der Waals surface area contributed by atoms with E-state index in [-0.39, 0.29) is 5.91 Å². The molecule has 1 amide bonds. The van der Waals surface area contributed by atoms with E-state index in [1.807, 2.05) is 24.3 Å². The summed E-state index contributed by atoms with van der Waals surface area (Å²) >= 11 is 0. The molecule has 0 fully saturated rings. The van der Waals surface area contributed by atoms with E-state index in [1.54, 1.807) is 6.92 Å². The Morgan fingerprint density at radius 3 is 2.75 bits per heavy atom. The molecule has 1 unspecified atom stereocenters. The van der Waals surface area contributed by atoms with Crippen LogP contribution < -0.4 is 15.8 Å². The molecule has 0 aliphatic carbocycles. The lowest BCUT2D eigenvalue weighted by atomic mass is 10.1. The lowest BCUT2D eigenvalue weighted by molar-refractivity contribution is -0.127. The number of ether oxygens (including phenoxy) is 1. The van der Waals surface area contributed by atoms with Crippen LogP contribution >= 0.6 is 0 Å². The lowest BCUT2D eigenvalue weighted by Crippen LogP contribution is -2.37. The summed E-state index contributed by atoms with van der Waals surface area (Å²) in [5.41, 5.74) is 6.66. The summed E-state index contributed by atoms with van der Waals surface area (Å²) in [4.78, 5) is 11.9. The predicted molar refractivity (Wildman–Crippen MR) is 81.8 cm³/mol. The molecular weight excluding hydrogens is 252 g/mol. The summed E-state index contributed by atoms with van der Waals surface area (Å²) in [5.74, 6) is 1.22. The fourth-order valence-corrected chi connectivity index (χ4v) is 1.83. The van der Waals surface area contributed by atoms with Crippen molar-refractivity contribution < 1.29 is 9.53 Å². The van der Waals surface area contributed by atoms with Crippen LogP contribution in [0.3, 0.4) is 0 Å². The van der Waals surface area contributed by atoms with Crippen LogP contribution in [0.2, 0.25) is 0 Å². The Morgan fingerprint density at radius 2 is 2.10 bits per heavy atom. The van der Waals surface area contributed by atoms with Crippen LogP contribution in [-0.2, 0) is 11.2 Å². The summed E-state index contributed by atoms with van der Waals surface area (Å²) in [5, 5.41) is 2.89. The van der Waals surface area contributed by atoms with Gasteiger partial charge in [0, 0.05) is 6.54 Å². The Morgan fingerprint density at radius 1 is 1.35 bits per heavy atom. The van der Waals surface area contributed by atoms with Crippen molar-refractivity contribution >= 4 is 5.91 Å². The van der Waals surface area contributed by atoms with Crippen molar-refractivity contribution in [2.45, 2.75) is 39.7 Å². The monoisotopic (exact) mass is 278 g/mol. The third-order valence-electron chi connectivity index (χ3n) is 3.03. The average Bonchev–Trinajstić information content (AvgIpc) is 2.39. The SMILES string of the molecule is CC(C)CCNC(=O)C(C)Oc1cccc(CCN)c1. The number of benzene rings is 1. The summed E-state index contributed by atoms with van der Waals surface area (Å²) in [6.45, 7) is 7.33. The topological polar surface area (TPSA) is 64.3 Å². The van der Waals surface area contributed by atoms with E-state index in [1.165, 1.54) is 0 Å². The van der Waals surface area contributed by atoms with Crippen molar-refractivity contribution in [3.8, 4) is 5.75 Å². The summed E-state index contributed by atoms with van der Waals surface area (Å²) < 4.78 is 5.67. The minimum atomic E-state index is -0.490. The van der Waals surface area contributed by atoms with E-state index >= 15 is 0 Å². The van der Waals surface area contributed by atoms with Crippen LogP contribution in [0.15, 0.2) is 24.3 Å². The minimum absolute atomic E-state index is 0.0742. The van der Waals surface area contributed by atoms with Gasteiger partial charge in [0.1, 0.15) is 5.75 Å². The fourth-order valence-electron chi connectivity index (χ4n) is 1.83. The normalized spacial score (nSPS) is 12.2. The zero-order chi connectivity index (χ0) is 15.0. The van der Waals surface area contributed by atoms with Gasteiger partial charge in [0.25, 0.3) is 5.91 Å². The van der Waals surface area contributed by atoms with Gasteiger partial charge in [-0.25, -0.2) is 0 Å². The molecule has 0 aliphatic heterocycles. The number of rotatable bonds is 8. The largest absolute Gasteiger partial charge is 0.481 e. The van der Waals surface area contributed by atoms with Crippen LogP contribution in [0.5, 0.6) is 5.75 Å². The van der Waals surface area contributed by atoms with E-state index < -0.39 is 6.10 Å². The summed E-state index contributed by atoms with van der Waals surface area (Å²) in [6.07, 6.45) is 1.30. The van der Waals surface area contributed by atoms with Gasteiger partial charge in [0.2, 0.25) is 0 Å². The van der Waals surface area contributed by atoms with Crippen molar-refractivity contribution in [1.29, 1.82) is 0 Å². The molecule has 3 N–H and O–H groups in total. The fraction of sp³-hybridized carbons (Fsp3) is 0.562. The molecule has 4 nitrogen and oxygen atoms in total. The Labute approximate surface area is 121 Å². The predicted octanol–water partition coefficient (Wildman–Crippen LogP) is 2.12. The molecule has 0 bridgehead atoms. The van der Waals surface area contributed by atoms with E-state index in [0.717, 1.165) is 18.4 Å². The van der Waals surface area contributed by atoms with Crippen LogP contribution in [0, 0.1) is 5.92 Å². The Bertz CT molecular complexity index is 419. The molecular formula is C16H26N2O2. The van der Waals surface area contributed by atoms with Gasteiger partial charge < -0.3 is 15.8 Å². The molecule has 1 rings (SSSR count). The number of hydrogen-bond donors (Lipinski definition) is 2. The van der Waals surface area contributed by atoms with Gasteiger partial charge in [-0.3, -0.25) is 4.79 Å². The van der Waals surface area contributed by atoms with Crippen molar-refractivity contribution in [1.82, 2.24) is 5.32 Å². The third-order valence-corrected chi connectivity index (χ3v) is 3.03. The van der Waals surface area contributed by atoms with Gasteiger partial charge in [0.15, 0.2) is 6.10 Å². The Kier molecular flexibility index (Phi) is 7.09. The molecule has 0 radical (unpaired) electrons. The summed E-state index contributed by atoms with van der Waals surface area (Å²) in [7, 11) is 0. The van der Waals surface area contributed by atoms with E-state index in [4.69, 9.17) is 10.5 Å². The van der Waals surface area contributed by atoms with Gasteiger partial charge in [0.05, 0.1) is 0 Å². The number of carbonyl (C=O) groups is 1. The van der Waals surface area contributed by atoms with Crippen molar-refractivity contribution in [3.63, 3.8) is 0 Å². The van der Waals surface area contributed by atoms with Gasteiger partial charge in [-0.2, -0.15) is 0 Å². The number of hydrogen-bond acceptors (Lipinski definition) is 3. The first-order chi connectivity index (χ1) is 9.52. The molecule has 0 aliphatic rings. The first-order valence-electron chi connectivity index (χ1n) is 7.26. The second kappa shape index (κ2) is 8.59. The van der Waals surface area contributed by atoms with Crippen LogP contribution in [0.4, 0.5) is 0 Å². The third kappa shape index (κ3) is 6.06. The zero-order valence-corrected chi connectivity index (χ0v) is 12.7. The average molecular weight is 278 g/mol. The number of nitrogens with one attached hydrogen (secondary N) is 1. The highest BCUT2D eigenvalue weighted by Gasteiger charge is 2.14.